The van der Waals surface area contributed by atoms with Crippen LogP contribution in [0.15, 0.2) is 66.9 Å². The van der Waals surface area contributed by atoms with Crippen LogP contribution in [0.1, 0.15) is 27.7 Å². The van der Waals surface area contributed by atoms with E-state index in [0.717, 1.165) is 12.2 Å². The largest absolute Gasteiger partial charge is 0.349 e. The van der Waals surface area contributed by atoms with Crippen molar-refractivity contribution in [2.75, 3.05) is 13.6 Å². The predicted octanol–water partition coefficient (Wildman–Crippen LogP) is 2.79. The maximum absolute atomic E-state index is 12.5. The molecule has 0 fully saturated rings. The van der Waals surface area contributed by atoms with Gasteiger partial charge in [-0.05, 0) is 36.4 Å². The Morgan fingerprint density at radius 2 is 1.88 bits per heavy atom. The second-order valence-corrected chi connectivity index (χ2v) is 6.32. The molecule has 1 unspecified atom stereocenters. The van der Waals surface area contributed by atoms with E-state index in [4.69, 9.17) is 0 Å². The molecular weight excluding hydrogens is 312 g/mol. The van der Waals surface area contributed by atoms with Gasteiger partial charge in [0, 0.05) is 19.3 Å². The highest BCUT2D eigenvalue weighted by molar-refractivity contribution is 5.92. The van der Waals surface area contributed by atoms with Crippen LogP contribution in [-0.2, 0) is 6.54 Å². The van der Waals surface area contributed by atoms with Gasteiger partial charge < -0.3 is 5.32 Å². The van der Waals surface area contributed by atoms with E-state index in [1.54, 1.807) is 16.9 Å². The van der Waals surface area contributed by atoms with Gasteiger partial charge in [0.25, 0.3) is 5.91 Å². The highest BCUT2D eigenvalue weighted by Gasteiger charge is 2.27. The summed E-state index contributed by atoms with van der Waals surface area (Å²) < 4.78 is 1.71. The van der Waals surface area contributed by atoms with Crippen molar-refractivity contribution in [2.45, 2.75) is 12.6 Å². The van der Waals surface area contributed by atoms with Crippen LogP contribution >= 0.6 is 0 Å². The Labute approximate surface area is 146 Å². The van der Waals surface area contributed by atoms with Crippen LogP contribution in [0.3, 0.4) is 0 Å². The number of para-hydroxylation sites is 1. The molecule has 4 rings (SSSR count). The van der Waals surface area contributed by atoms with Crippen LogP contribution in [0.5, 0.6) is 0 Å². The molecule has 0 bridgehead atoms. The molecular formula is C20H20N4O. The Morgan fingerprint density at radius 3 is 2.72 bits per heavy atom. The van der Waals surface area contributed by atoms with Gasteiger partial charge in [-0.25, -0.2) is 4.68 Å². The summed E-state index contributed by atoms with van der Waals surface area (Å²) in [4.78, 5) is 14.7. The van der Waals surface area contributed by atoms with E-state index in [1.165, 1.54) is 11.1 Å². The van der Waals surface area contributed by atoms with E-state index in [9.17, 15) is 4.79 Å². The number of likely N-dealkylation sites (N-methyl/N-ethyl adjacent to an activating group) is 1. The molecule has 1 atom stereocenters. The van der Waals surface area contributed by atoms with Gasteiger partial charge in [0.1, 0.15) is 0 Å². The lowest BCUT2D eigenvalue weighted by Gasteiger charge is -2.20. The van der Waals surface area contributed by atoms with E-state index in [0.29, 0.717) is 12.2 Å². The van der Waals surface area contributed by atoms with Crippen LogP contribution < -0.4 is 5.32 Å². The Bertz CT molecular complexity index is 887. The first-order valence-corrected chi connectivity index (χ1v) is 8.40. The quantitative estimate of drug-likeness (QED) is 0.799. The summed E-state index contributed by atoms with van der Waals surface area (Å²) in [6, 6.07) is 20.1. The van der Waals surface area contributed by atoms with E-state index >= 15 is 0 Å². The number of nitrogens with one attached hydrogen (secondary N) is 1. The highest BCUT2D eigenvalue weighted by Crippen LogP contribution is 2.31. The zero-order chi connectivity index (χ0) is 17.2. The Morgan fingerprint density at radius 1 is 1.12 bits per heavy atom. The van der Waals surface area contributed by atoms with Crippen LogP contribution in [0.4, 0.5) is 0 Å². The van der Waals surface area contributed by atoms with Crippen LogP contribution in [0, 0.1) is 0 Å². The molecule has 1 aromatic heterocycles. The topological polar surface area (TPSA) is 50.2 Å². The lowest BCUT2D eigenvalue weighted by Crippen LogP contribution is -2.33. The Hall–Kier alpha value is -2.92. The third-order valence-electron chi connectivity index (χ3n) is 4.66. The summed E-state index contributed by atoms with van der Waals surface area (Å²) in [6.45, 7) is 1.49. The molecule has 2 aromatic carbocycles. The van der Waals surface area contributed by atoms with Crippen molar-refractivity contribution in [1.82, 2.24) is 20.0 Å². The fourth-order valence-corrected chi connectivity index (χ4v) is 3.33. The van der Waals surface area contributed by atoms with Crippen LogP contribution in [0.25, 0.3) is 5.69 Å². The van der Waals surface area contributed by atoms with Gasteiger partial charge in [-0.15, -0.1) is 0 Å². The lowest BCUT2D eigenvalue weighted by atomic mass is 10.1. The molecule has 0 saturated carbocycles. The molecule has 1 amide bonds. The van der Waals surface area contributed by atoms with E-state index in [1.807, 2.05) is 36.4 Å². The van der Waals surface area contributed by atoms with Crippen molar-refractivity contribution in [3.05, 3.63) is 83.7 Å². The monoisotopic (exact) mass is 332 g/mol. The van der Waals surface area contributed by atoms with Crippen LogP contribution in [0.2, 0.25) is 0 Å². The summed E-state index contributed by atoms with van der Waals surface area (Å²) in [7, 11) is 2.08. The van der Waals surface area contributed by atoms with Crippen molar-refractivity contribution >= 4 is 5.91 Å². The molecule has 0 spiro atoms. The van der Waals surface area contributed by atoms with Gasteiger partial charge in [-0.1, -0.05) is 42.5 Å². The van der Waals surface area contributed by atoms with E-state index < -0.39 is 0 Å². The summed E-state index contributed by atoms with van der Waals surface area (Å²) in [5, 5.41) is 7.40. The number of rotatable bonds is 4. The minimum absolute atomic E-state index is 0.146. The number of amides is 1. The summed E-state index contributed by atoms with van der Waals surface area (Å²) in [5.41, 5.74) is 3.99. The maximum Gasteiger partial charge on any atom is 0.271 e. The smallest absolute Gasteiger partial charge is 0.271 e. The normalized spacial score (nSPS) is 16.6. The SMILES string of the molecule is CN1Cc2ccccc2C1CNC(=O)c1ccn(-c2ccccc2)n1. The number of aromatic nitrogens is 2. The van der Waals surface area contributed by atoms with Crippen molar-refractivity contribution in [1.29, 1.82) is 0 Å². The number of carbonyl (C=O) groups excluding carboxylic acids is 1. The third-order valence-corrected chi connectivity index (χ3v) is 4.66. The minimum atomic E-state index is -0.146. The average Bonchev–Trinajstić information content (AvgIpc) is 3.25. The van der Waals surface area contributed by atoms with Crippen molar-refractivity contribution in [3.63, 3.8) is 0 Å². The Balaban J connectivity index is 1.44. The standard InChI is InChI=1S/C20H20N4O/c1-23-14-15-7-5-6-10-17(15)19(23)13-21-20(25)18-11-12-24(22-18)16-8-3-2-4-9-16/h2-12,19H,13-14H2,1H3,(H,21,25). The maximum atomic E-state index is 12.5. The molecule has 0 saturated heterocycles. The molecule has 2 heterocycles. The van der Waals surface area contributed by atoms with Crippen molar-refractivity contribution < 1.29 is 4.79 Å². The number of nitrogens with zero attached hydrogens (tertiary/aromatic N) is 3. The molecule has 3 aromatic rings. The second kappa shape index (κ2) is 6.53. The molecule has 25 heavy (non-hydrogen) atoms. The predicted molar refractivity (Wildman–Crippen MR) is 96.5 cm³/mol. The molecule has 1 N–H and O–H groups in total. The molecule has 1 aliphatic heterocycles. The zero-order valence-electron chi connectivity index (χ0n) is 14.1. The number of carbonyl (C=O) groups is 1. The Kier molecular flexibility index (Phi) is 4.07. The number of benzene rings is 2. The molecule has 5 nitrogen and oxygen atoms in total. The van der Waals surface area contributed by atoms with Crippen molar-refractivity contribution in [3.8, 4) is 5.69 Å². The van der Waals surface area contributed by atoms with Gasteiger partial charge >= 0.3 is 0 Å². The van der Waals surface area contributed by atoms with Gasteiger partial charge in [0.15, 0.2) is 5.69 Å². The highest BCUT2D eigenvalue weighted by atomic mass is 16.1. The van der Waals surface area contributed by atoms with Gasteiger partial charge in [-0.2, -0.15) is 5.10 Å². The number of hydrogen-bond acceptors (Lipinski definition) is 3. The van der Waals surface area contributed by atoms with Gasteiger partial charge in [0.05, 0.1) is 11.7 Å². The summed E-state index contributed by atoms with van der Waals surface area (Å²) >= 11 is 0. The fraction of sp³-hybridized carbons (Fsp3) is 0.200. The fourth-order valence-electron chi connectivity index (χ4n) is 3.33. The van der Waals surface area contributed by atoms with Crippen LogP contribution in [-0.4, -0.2) is 34.2 Å². The third kappa shape index (κ3) is 3.06. The van der Waals surface area contributed by atoms with E-state index in [-0.39, 0.29) is 11.9 Å². The first-order valence-electron chi connectivity index (χ1n) is 8.40. The average molecular weight is 332 g/mol. The first-order chi connectivity index (χ1) is 12.2. The second-order valence-electron chi connectivity index (χ2n) is 6.32. The molecule has 5 heteroatoms. The molecule has 0 aliphatic carbocycles. The molecule has 1 aliphatic rings. The van der Waals surface area contributed by atoms with Crippen molar-refractivity contribution in [2.24, 2.45) is 0 Å². The zero-order valence-corrected chi connectivity index (χ0v) is 14.1. The summed E-state index contributed by atoms with van der Waals surface area (Å²) in [6.07, 6.45) is 1.81. The number of fused-ring (bicyclic) bond motifs is 1. The molecule has 0 radical (unpaired) electrons. The first kappa shape index (κ1) is 15.6. The number of hydrogen-bond donors (Lipinski definition) is 1. The van der Waals surface area contributed by atoms with Gasteiger partial charge in [0.2, 0.25) is 0 Å². The summed E-state index contributed by atoms with van der Waals surface area (Å²) in [5.74, 6) is -0.146. The minimum Gasteiger partial charge on any atom is -0.349 e. The molecule has 126 valence electrons. The lowest BCUT2D eigenvalue weighted by molar-refractivity contribution is 0.0935. The van der Waals surface area contributed by atoms with E-state index in [2.05, 4.69) is 40.6 Å². The van der Waals surface area contributed by atoms with Gasteiger partial charge in [-0.3, -0.25) is 9.69 Å².